The zero-order valence-corrected chi connectivity index (χ0v) is 13.5. The molecule has 0 saturated carbocycles. The molecule has 0 bridgehead atoms. The molecule has 0 radical (unpaired) electrons. The van der Waals surface area contributed by atoms with Crippen LogP contribution in [-0.2, 0) is 0 Å². The molecule has 2 N–H and O–H groups in total. The number of hydrogen-bond acceptors (Lipinski definition) is 5. The molecule has 1 aromatic rings. The first-order valence-electron chi connectivity index (χ1n) is 6.71. The summed E-state index contributed by atoms with van der Waals surface area (Å²) in [6.07, 6.45) is 2.44. The van der Waals surface area contributed by atoms with Crippen molar-refractivity contribution in [2.75, 3.05) is 12.9 Å². The number of aliphatic hydroxyl groups excluding tert-OH is 1. The van der Waals surface area contributed by atoms with Gasteiger partial charge >= 0.3 is 0 Å². The standard InChI is InChI=1S/C14H23N3O2S/c1-8(2)11(6-7-18)17-13(19)12-9(3)15-10(4)16-14(12)20-5/h8,11,18H,6-7H2,1-5H3,(H,17,19). The highest BCUT2D eigenvalue weighted by atomic mass is 32.2. The second-order valence-electron chi connectivity index (χ2n) is 5.08. The van der Waals surface area contributed by atoms with E-state index in [1.54, 1.807) is 0 Å². The van der Waals surface area contributed by atoms with Crippen LogP contribution in [0.4, 0.5) is 0 Å². The van der Waals surface area contributed by atoms with Crippen LogP contribution >= 0.6 is 11.8 Å². The van der Waals surface area contributed by atoms with Gasteiger partial charge < -0.3 is 10.4 Å². The number of aryl methyl sites for hydroxylation is 2. The van der Waals surface area contributed by atoms with Crippen molar-refractivity contribution in [3.05, 3.63) is 17.1 Å². The van der Waals surface area contributed by atoms with E-state index in [1.807, 2.05) is 34.0 Å². The summed E-state index contributed by atoms with van der Waals surface area (Å²) in [5.41, 5.74) is 1.22. The Kier molecular flexibility index (Phi) is 6.42. The van der Waals surface area contributed by atoms with Gasteiger partial charge in [0.1, 0.15) is 10.9 Å². The molecular weight excluding hydrogens is 274 g/mol. The summed E-state index contributed by atoms with van der Waals surface area (Å²) in [5.74, 6) is 0.758. The van der Waals surface area contributed by atoms with Gasteiger partial charge in [0.05, 0.1) is 11.3 Å². The molecule has 0 saturated heterocycles. The first-order chi connectivity index (χ1) is 9.40. The lowest BCUT2D eigenvalue weighted by molar-refractivity contribution is 0.0911. The number of nitrogens with one attached hydrogen (secondary N) is 1. The summed E-state index contributed by atoms with van der Waals surface area (Å²) < 4.78 is 0. The van der Waals surface area contributed by atoms with Crippen molar-refractivity contribution >= 4 is 17.7 Å². The minimum absolute atomic E-state index is 0.0529. The second-order valence-corrected chi connectivity index (χ2v) is 5.87. The highest BCUT2D eigenvalue weighted by Crippen LogP contribution is 2.21. The Morgan fingerprint density at radius 1 is 1.35 bits per heavy atom. The van der Waals surface area contributed by atoms with Crippen LogP contribution in [-0.4, -0.2) is 39.9 Å². The van der Waals surface area contributed by atoms with E-state index >= 15 is 0 Å². The van der Waals surface area contributed by atoms with E-state index in [9.17, 15) is 4.79 Å². The summed E-state index contributed by atoms with van der Waals surface area (Å²) in [5, 5.41) is 12.8. The van der Waals surface area contributed by atoms with Crippen LogP contribution in [0.15, 0.2) is 5.03 Å². The van der Waals surface area contributed by atoms with Crippen LogP contribution in [0.2, 0.25) is 0 Å². The Morgan fingerprint density at radius 3 is 2.50 bits per heavy atom. The third kappa shape index (κ3) is 4.18. The number of nitrogens with zero attached hydrogens (tertiary/aromatic N) is 2. The maximum atomic E-state index is 12.5. The van der Waals surface area contributed by atoms with Gasteiger partial charge in [0.25, 0.3) is 5.91 Å². The highest BCUT2D eigenvalue weighted by Gasteiger charge is 2.21. The van der Waals surface area contributed by atoms with Gasteiger partial charge in [-0.3, -0.25) is 4.79 Å². The molecule has 1 aromatic heterocycles. The number of aromatic nitrogens is 2. The van der Waals surface area contributed by atoms with Crippen molar-refractivity contribution in [2.45, 2.75) is 45.2 Å². The normalized spacial score (nSPS) is 12.6. The average Bonchev–Trinajstić information content (AvgIpc) is 2.36. The number of rotatable bonds is 6. The lowest BCUT2D eigenvalue weighted by Gasteiger charge is -2.22. The van der Waals surface area contributed by atoms with Crippen LogP contribution in [0.1, 0.15) is 42.1 Å². The molecule has 0 aliphatic rings. The summed E-state index contributed by atoms with van der Waals surface area (Å²) in [4.78, 5) is 21.0. The zero-order chi connectivity index (χ0) is 15.3. The van der Waals surface area contributed by atoms with Gasteiger partial charge in [0, 0.05) is 12.6 Å². The molecule has 5 nitrogen and oxygen atoms in total. The molecule has 1 unspecified atom stereocenters. The molecule has 1 rings (SSSR count). The van der Waals surface area contributed by atoms with Crippen molar-refractivity contribution in [3.8, 4) is 0 Å². The molecule has 0 aromatic carbocycles. The Labute approximate surface area is 124 Å². The number of thioether (sulfide) groups is 1. The van der Waals surface area contributed by atoms with Crippen LogP contribution in [0.5, 0.6) is 0 Å². The van der Waals surface area contributed by atoms with Crippen molar-refractivity contribution in [3.63, 3.8) is 0 Å². The first kappa shape index (κ1) is 16.9. The third-order valence-corrected chi connectivity index (χ3v) is 3.83. The smallest absolute Gasteiger partial charge is 0.256 e. The Morgan fingerprint density at radius 2 is 2.00 bits per heavy atom. The fraction of sp³-hybridized carbons (Fsp3) is 0.643. The maximum Gasteiger partial charge on any atom is 0.256 e. The van der Waals surface area contributed by atoms with Crippen LogP contribution in [0.3, 0.4) is 0 Å². The zero-order valence-electron chi connectivity index (χ0n) is 12.7. The van der Waals surface area contributed by atoms with Crippen LogP contribution in [0.25, 0.3) is 0 Å². The monoisotopic (exact) mass is 297 g/mol. The van der Waals surface area contributed by atoms with Crippen molar-refractivity contribution in [2.24, 2.45) is 5.92 Å². The Balaban J connectivity index is 3.02. The number of amides is 1. The number of carbonyl (C=O) groups excluding carboxylic acids is 1. The second kappa shape index (κ2) is 7.59. The number of aliphatic hydroxyl groups is 1. The van der Waals surface area contributed by atoms with E-state index in [0.29, 0.717) is 28.5 Å². The lowest BCUT2D eigenvalue weighted by atomic mass is 10.0. The maximum absolute atomic E-state index is 12.5. The predicted octanol–water partition coefficient (Wildman–Crippen LogP) is 1.95. The molecule has 1 amide bonds. The first-order valence-corrected chi connectivity index (χ1v) is 7.94. The van der Waals surface area contributed by atoms with E-state index in [2.05, 4.69) is 15.3 Å². The van der Waals surface area contributed by atoms with Gasteiger partial charge in [-0.2, -0.15) is 0 Å². The Bertz CT molecular complexity index is 478. The number of hydrogen-bond donors (Lipinski definition) is 2. The lowest BCUT2D eigenvalue weighted by Crippen LogP contribution is -2.40. The molecule has 0 aliphatic heterocycles. The van der Waals surface area contributed by atoms with Gasteiger partial charge in [0.2, 0.25) is 0 Å². The summed E-state index contributed by atoms with van der Waals surface area (Å²) >= 11 is 1.44. The van der Waals surface area contributed by atoms with E-state index in [0.717, 1.165) is 0 Å². The number of carbonyl (C=O) groups is 1. The highest BCUT2D eigenvalue weighted by molar-refractivity contribution is 7.98. The predicted molar refractivity (Wildman–Crippen MR) is 81.1 cm³/mol. The quantitative estimate of drug-likeness (QED) is 0.620. The van der Waals surface area contributed by atoms with Gasteiger partial charge in [0.15, 0.2) is 0 Å². The molecule has 20 heavy (non-hydrogen) atoms. The SMILES string of the molecule is CSc1nc(C)nc(C)c1C(=O)NC(CCO)C(C)C. The summed E-state index contributed by atoms with van der Waals surface area (Å²) in [6.45, 7) is 7.74. The largest absolute Gasteiger partial charge is 0.396 e. The molecule has 6 heteroatoms. The minimum atomic E-state index is -0.168. The van der Waals surface area contributed by atoms with Crippen molar-refractivity contribution in [1.29, 1.82) is 0 Å². The molecular formula is C14H23N3O2S. The minimum Gasteiger partial charge on any atom is -0.396 e. The van der Waals surface area contributed by atoms with Crippen molar-refractivity contribution < 1.29 is 9.90 Å². The van der Waals surface area contributed by atoms with Crippen LogP contribution in [0, 0.1) is 19.8 Å². The fourth-order valence-corrected chi connectivity index (χ4v) is 2.71. The molecule has 0 spiro atoms. The Hall–Kier alpha value is -1.14. The summed E-state index contributed by atoms with van der Waals surface area (Å²) in [6, 6.07) is -0.0529. The van der Waals surface area contributed by atoms with E-state index < -0.39 is 0 Å². The molecule has 0 aliphatic carbocycles. The fourth-order valence-electron chi connectivity index (χ4n) is 2.04. The molecule has 1 heterocycles. The van der Waals surface area contributed by atoms with Crippen LogP contribution < -0.4 is 5.32 Å². The summed E-state index contributed by atoms with van der Waals surface area (Å²) in [7, 11) is 0. The van der Waals surface area contributed by atoms with Gasteiger partial charge in [-0.15, -0.1) is 11.8 Å². The van der Waals surface area contributed by atoms with E-state index in [4.69, 9.17) is 5.11 Å². The van der Waals surface area contributed by atoms with E-state index in [-0.39, 0.29) is 24.5 Å². The van der Waals surface area contributed by atoms with Gasteiger partial charge in [-0.1, -0.05) is 13.8 Å². The van der Waals surface area contributed by atoms with Gasteiger partial charge in [-0.25, -0.2) is 9.97 Å². The van der Waals surface area contributed by atoms with Crippen molar-refractivity contribution in [1.82, 2.24) is 15.3 Å². The average molecular weight is 297 g/mol. The topological polar surface area (TPSA) is 75.1 Å². The van der Waals surface area contributed by atoms with Gasteiger partial charge in [-0.05, 0) is 32.4 Å². The molecule has 0 fully saturated rings. The molecule has 1 atom stereocenters. The third-order valence-electron chi connectivity index (χ3n) is 3.15. The van der Waals surface area contributed by atoms with E-state index in [1.165, 1.54) is 11.8 Å². The molecule has 112 valence electrons.